The zero-order valence-corrected chi connectivity index (χ0v) is 6.90. The third-order valence-electron chi connectivity index (χ3n) is 1.18. The fourth-order valence-electron chi connectivity index (χ4n) is 0.762. The SMILES string of the molecule is Cc1nc(OCC(=O)O)cc(=O)[nH]1. The molecule has 0 radical (unpaired) electrons. The monoisotopic (exact) mass is 184 g/mol. The molecule has 0 fully saturated rings. The van der Waals surface area contributed by atoms with E-state index >= 15 is 0 Å². The molecule has 1 aromatic rings. The summed E-state index contributed by atoms with van der Waals surface area (Å²) in [5, 5.41) is 8.27. The number of aliphatic carboxylic acids is 1. The second-order valence-electron chi connectivity index (χ2n) is 2.35. The molecule has 0 saturated heterocycles. The summed E-state index contributed by atoms with van der Waals surface area (Å²) in [6.07, 6.45) is 0. The van der Waals surface area contributed by atoms with E-state index in [-0.39, 0.29) is 11.4 Å². The minimum absolute atomic E-state index is 0.0173. The van der Waals surface area contributed by atoms with Crippen LogP contribution < -0.4 is 10.3 Å². The maximum atomic E-state index is 10.8. The van der Waals surface area contributed by atoms with Crippen LogP contribution in [0.4, 0.5) is 0 Å². The third kappa shape index (κ3) is 2.94. The number of carboxylic acids is 1. The van der Waals surface area contributed by atoms with Crippen molar-refractivity contribution in [3.8, 4) is 5.88 Å². The number of H-pyrrole nitrogens is 1. The molecular weight excluding hydrogens is 176 g/mol. The quantitative estimate of drug-likeness (QED) is 0.663. The largest absolute Gasteiger partial charge is 0.479 e. The van der Waals surface area contributed by atoms with Crippen molar-refractivity contribution in [2.45, 2.75) is 6.92 Å². The van der Waals surface area contributed by atoms with Gasteiger partial charge in [-0.05, 0) is 6.92 Å². The Morgan fingerprint density at radius 2 is 2.46 bits per heavy atom. The Morgan fingerprint density at radius 3 is 3.00 bits per heavy atom. The minimum Gasteiger partial charge on any atom is -0.479 e. The van der Waals surface area contributed by atoms with Crippen LogP contribution in [-0.2, 0) is 4.79 Å². The van der Waals surface area contributed by atoms with E-state index in [1.54, 1.807) is 6.92 Å². The number of carbonyl (C=O) groups is 1. The van der Waals surface area contributed by atoms with Crippen LogP contribution >= 0.6 is 0 Å². The van der Waals surface area contributed by atoms with Gasteiger partial charge in [0.25, 0.3) is 5.56 Å². The third-order valence-corrected chi connectivity index (χ3v) is 1.18. The number of rotatable bonds is 3. The number of carboxylic acid groups (broad SMARTS) is 1. The van der Waals surface area contributed by atoms with Crippen molar-refractivity contribution in [1.82, 2.24) is 9.97 Å². The summed E-state index contributed by atoms with van der Waals surface area (Å²) < 4.78 is 4.70. The highest BCUT2D eigenvalue weighted by Crippen LogP contribution is 2.00. The first-order chi connectivity index (χ1) is 6.08. The number of hydrogen-bond donors (Lipinski definition) is 2. The summed E-state index contributed by atoms with van der Waals surface area (Å²) in [6.45, 7) is 1.07. The molecule has 0 aliphatic heterocycles. The van der Waals surface area contributed by atoms with E-state index in [0.717, 1.165) is 6.07 Å². The van der Waals surface area contributed by atoms with E-state index in [4.69, 9.17) is 9.84 Å². The molecule has 1 rings (SSSR count). The Kier molecular flexibility index (Phi) is 2.63. The highest BCUT2D eigenvalue weighted by Gasteiger charge is 2.01. The van der Waals surface area contributed by atoms with E-state index in [9.17, 15) is 9.59 Å². The standard InChI is InChI=1S/C7H8N2O4/c1-4-8-5(10)2-6(9-4)13-3-7(11)12/h2H,3H2,1H3,(H,11,12)(H,8,9,10). The maximum absolute atomic E-state index is 10.8. The molecule has 6 nitrogen and oxygen atoms in total. The Labute approximate surface area is 73.2 Å². The lowest BCUT2D eigenvalue weighted by Crippen LogP contribution is -2.14. The maximum Gasteiger partial charge on any atom is 0.341 e. The summed E-state index contributed by atoms with van der Waals surface area (Å²) >= 11 is 0. The van der Waals surface area contributed by atoms with Gasteiger partial charge in [-0.15, -0.1) is 0 Å². The van der Waals surface area contributed by atoms with Crippen molar-refractivity contribution < 1.29 is 14.6 Å². The topological polar surface area (TPSA) is 92.3 Å². The molecule has 2 N–H and O–H groups in total. The molecule has 13 heavy (non-hydrogen) atoms. The minimum atomic E-state index is -1.11. The van der Waals surface area contributed by atoms with Gasteiger partial charge in [-0.3, -0.25) is 4.79 Å². The molecule has 0 amide bonds. The first kappa shape index (κ1) is 9.24. The van der Waals surface area contributed by atoms with Crippen LogP contribution in [0, 0.1) is 6.92 Å². The molecule has 0 saturated carbocycles. The molecule has 6 heteroatoms. The van der Waals surface area contributed by atoms with Crippen LogP contribution in [-0.4, -0.2) is 27.7 Å². The summed E-state index contributed by atoms with van der Waals surface area (Å²) in [6, 6.07) is 1.09. The molecule has 0 aromatic carbocycles. The average Bonchev–Trinajstić information content (AvgIpc) is 1.99. The van der Waals surface area contributed by atoms with Crippen molar-refractivity contribution in [3.63, 3.8) is 0 Å². The van der Waals surface area contributed by atoms with Gasteiger partial charge in [-0.25, -0.2) is 9.78 Å². The molecule has 1 heterocycles. The van der Waals surface area contributed by atoms with E-state index in [0.29, 0.717) is 5.82 Å². The molecule has 1 aromatic heterocycles. The predicted octanol–water partition coefficient (Wildman–Crippen LogP) is -0.458. The van der Waals surface area contributed by atoms with Crippen LogP contribution in [0.25, 0.3) is 0 Å². The van der Waals surface area contributed by atoms with Gasteiger partial charge in [0.15, 0.2) is 6.61 Å². The van der Waals surface area contributed by atoms with Crippen molar-refractivity contribution in [2.75, 3.05) is 6.61 Å². The van der Waals surface area contributed by atoms with Crippen LogP contribution in [0.1, 0.15) is 5.82 Å². The zero-order chi connectivity index (χ0) is 9.84. The van der Waals surface area contributed by atoms with Gasteiger partial charge < -0.3 is 14.8 Å². The van der Waals surface area contributed by atoms with E-state index in [2.05, 4.69) is 9.97 Å². The van der Waals surface area contributed by atoms with Crippen molar-refractivity contribution in [2.24, 2.45) is 0 Å². The van der Waals surface area contributed by atoms with Crippen LogP contribution in [0.3, 0.4) is 0 Å². The van der Waals surface area contributed by atoms with E-state index < -0.39 is 12.6 Å². The summed E-state index contributed by atoms with van der Waals surface area (Å²) in [5.74, 6) is -0.712. The zero-order valence-electron chi connectivity index (χ0n) is 6.90. The Morgan fingerprint density at radius 1 is 1.77 bits per heavy atom. The Hall–Kier alpha value is -1.85. The average molecular weight is 184 g/mol. The fourth-order valence-corrected chi connectivity index (χ4v) is 0.762. The first-order valence-corrected chi connectivity index (χ1v) is 3.50. The van der Waals surface area contributed by atoms with Gasteiger partial charge in [0.1, 0.15) is 5.82 Å². The molecule has 0 spiro atoms. The number of aryl methyl sites for hydroxylation is 1. The second kappa shape index (κ2) is 3.70. The van der Waals surface area contributed by atoms with Crippen LogP contribution in [0.2, 0.25) is 0 Å². The van der Waals surface area contributed by atoms with Gasteiger partial charge in [0.2, 0.25) is 5.88 Å². The van der Waals surface area contributed by atoms with Crippen LogP contribution in [0.5, 0.6) is 5.88 Å². The summed E-state index contributed by atoms with van der Waals surface area (Å²) in [4.78, 5) is 27.1. The first-order valence-electron chi connectivity index (χ1n) is 3.50. The van der Waals surface area contributed by atoms with Crippen molar-refractivity contribution in [3.05, 3.63) is 22.2 Å². The fraction of sp³-hybridized carbons (Fsp3) is 0.286. The molecular formula is C7H8N2O4. The lowest BCUT2D eigenvalue weighted by Gasteiger charge is -2.01. The van der Waals surface area contributed by atoms with Gasteiger partial charge in [-0.1, -0.05) is 0 Å². The van der Waals surface area contributed by atoms with Gasteiger partial charge in [0, 0.05) is 0 Å². The molecule has 0 aliphatic carbocycles. The summed E-state index contributed by atoms with van der Waals surface area (Å²) in [5.41, 5.74) is -0.368. The molecule has 0 unspecified atom stereocenters. The molecule has 0 bridgehead atoms. The number of hydrogen-bond acceptors (Lipinski definition) is 4. The summed E-state index contributed by atoms with van der Waals surface area (Å²) in [7, 11) is 0. The van der Waals surface area contributed by atoms with Crippen molar-refractivity contribution in [1.29, 1.82) is 0 Å². The molecule has 70 valence electrons. The number of aromatic amines is 1. The van der Waals surface area contributed by atoms with Crippen molar-refractivity contribution >= 4 is 5.97 Å². The number of ether oxygens (including phenoxy) is 1. The van der Waals surface area contributed by atoms with Crippen LogP contribution in [0.15, 0.2) is 10.9 Å². The van der Waals surface area contributed by atoms with E-state index in [1.807, 2.05) is 0 Å². The van der Waals surface area contributed by atoms with Gasteiger partial charge in [0.05, 0.1) is 6.07 Å². The number of nitrogens with one attached hydrogen (secondary N) is 1. The number of aromatic nitrogens is 2. The predicted molar refractivity (Wildman–Crippen MR) is 42.7 cm³/mol. The normalized spacial score (nSPS) is 9.62. The highest BCUT2D eigenvalue weighted by atomic mass is 16.5. The van der Waals surface area contributed by atoms with Gasteiger partial charge in [-0.2, -0.15) is 0 Å². The lowest BCUT2D eigenvalue weighted by molar-refractivity contribution is -0.139. The smallest absolute Gasteiger partial charge is 0.341 e. The molecule has 0 aliphatic rings. The second-order valence-corrected chi connectivity index (χ2v) is 2.35. The lowest BCUT2D eigenvalue weighted by atomic mass is 10.5. The Bertz CT molecular complexity index is 371. The van der Waals surface area contributed by atoms with Gasteiger partial charge >= 0.3 is 5.97 Å². The number of nitrogens with zero attached hydrogens (tertiary/aromatic N) is 1. The Balaban J connectivity index is 2.77. The highest BCUT2D eigenvalue weighted by molar-refractivity contribution is 5.68. The van der Waals surface area contributed by atoms with E-state index in [1.165, 1.54) is 0 Å². The molecule has 0 atom stereocenters.